The lowest BCUT2D eigenvalue weighted by molar-refractivity contribution is 0.318. The lowest BCUT2D eigenvalue weighted by atomic mass is 10.2. The van der Waals surface area contributed by atoms with Gasteiger partial charge in [0.05, 0.1) is 6.61 Å². The summed E-state index contributed by atoms with van der Waals surface area (Å²) in [6.45, 7) is 0.656. The smallest absolute Gasteiger partial charge is 0.119 e. The van der Waals surface area contributed by atoms with Crippen LogP contribution in [0.4, 0.5) is 0 Å². The van der Waals surface area contributed by atoms with E-state index in [1.807, 2.05) is 36.0 Å². The van der Waals surface area contributed by atoms with Crippen molar-refractivity contribution in [1.82, 2.24) is 9.78 Å². The third-order valence-electron chi connectivity index (χ3n) is 2.71. The summed E-state index contributed by atoms with van der Waals surface area (Å²) in [5.74, 6) is 0.898. The van der Waals surface area contributed by atoms with Gasteiger partial charge in [-0.1, -0.05) is 31.9 Å². The Morgan fingerprint density at radius 3 is 2.83 bits per heavy atom. The summed E-state index contributed by atoms with van der Waals surface area (Å²) in [5, 5.41) is 4.94. The summed E-state index contributed by atoms with van der Waals surface area (Å²) < 4.78 is 8.71. The highest BCUT2D eigenvalue weighted by molar-refractivity contribution is 9.10. The predicted octanol–water partition coefficient (Wildman–Crippen LogP) is 3.70. The SMILES string of the molecule is Cn1nccc1CCOc1ccc(Br)c(CBr)c1. The number of aryl methyl sites for hydroxylation is 1. The second-order valence-corrected chi connectivity index (χ2v) is 5.35. The number of rotatable bonds is 5. The molecule has 1 aromatic carbocycles. The van der Waals surface area contributed by atoms with Gasteiger partial charge in [0.2, 0.25) is 0 Å². The molecule has 1 heterocycles. The third kappa shape index (κ3) is 3.36. The van der Waals surface area contributed by atoms with E-state index in [1.165, 1.54) is 11.3 Å². The fourth-order valence-corrected chi connectivity index (χ4v) is 2.89. The molecular formula is C13H14Br2N2O. The van der Waals surface area contributed by atoms with Crippen molar-refractivity contribution in [3.05, 3.63) is 46.2 Å². The number of hydrogen-bond donors (Lipinski definition) is 0. The number of ether oxygens (including phenoxy) is 1. The van der Waals surface area contributed by atoms with Gasteiger partial charge >= 0.3 is 0 Å². The van der Waals surface area contributed by atoms with Gasteiger partial charge in [-0.15, -0.1) is 0 Å². The lowest BCUT2D eigenvalue weighted by Gasteiger charge is -2.08. The van der Waals surface area contributed by atoms with Crippen LogP contribution in [-0.2, 0) is 18.8 Å². The molecule has 0 saturated heterocycles. The average molecular weight is 374 g/mol. The Labute approximate surface area is 123 Å². The van der Waals surface area contributed by atoms with Gasteiger partial charge in [-0.3, -0.25) is 4.68 Å². The van der Waals surface area contributed by atoms with E-state index in [9.17, 15) is 0 Å². The fourth-order valence-electron chi connectivity index (χ4n) is 1.66. The Morgan fingerprint density at radius 2 is 2.17 bits per heavy atom. The molecule has 3 nitrogen and oxygen atoms in total. The van der Waals surface area contributed by atoms with E-state index < -0.39 is 0 Å². The predicted molar refractivity (Wildman–Crippen MR) is 79.2 cm³/mol. The standard InChI is InChI=1S/C13H14Br2N2O/c1-17-11(4-6-16-17)5-7-18-12-2-3-13(15)10(8-12)9-14/h2-4,6,8H,5,7,9H2,1H3. The number of halogens is 2. The molecule has 0 aliphatic heterocycles. The maximum atomic E-state index is 5.75. The van der Waals surface area contributed by atoms with Crippen molar-refractivity contribution in [2.75, 3.05) is 6.61 Å². The molecule has 0 aliphatic carbocycles. The van der Waals surface area contributed by atoms with Crippen LogP contribution in [0.1, 0.15) is 11.3 Å². The molecule has 0 N–H and O–H groups in total. The van der Waals surface area contributed by atoms with Crippen molar-refractivity contribution in [3.63, 3.8) is 0 Å². The lowest BCUT2D eigenvalue weighted by Crippen LogP contribution is -2.06. The van der Waals surface area contributed by atoms with Crippen LogP contribution in [0.15, 0.2) is 34.9 Å². The summed E-state index contributed by atoms with van der Waals surface area (Å²) in [5.41, 5.74) is 2.36. The van der Waals surface area contributed by atoms with Crippen molar-refractivity contribution in [2.24, 2.45) is 7.05 Å². The van der Waals surface area contributed by atoms with Crippen LogP contribution in [0.5, 0.6) is 5.75 Å². The summed E-state index contributed by atoms with van der Waals surface area (Å²) in [6.07, 6.45) is 2.66. The molecule has 0 amide bonds. The first kappa shape index (κ1) is 13.6. The number of hydrogen-bond acceptors (Lipinski definition) is 2. The molecule has 0 bridgehead atoms. The largest absolute Gasteiger partial charge is 0.493 e. The fraction of sp³-hybridized carbons (Fsp3) is 0.308. The minimum Gasteiger partial charge on any atom is -0.493 e. The first-order chi connectivity index (χ1) is 8.70. The molecule has 2 rings (SSSR count). The highest BCUT2D eigenvalue weighted by Gasteiger charge is 2.03. The number of nitrogens with zero attached hydrogens (tertiary/aromatic N) is 2. The number of alkyl halides is 1. The van der Waals surface area contributed by atoms with Gasteiger partial charge < -0.3 is 4.74 Å². The molecule has 0 atom stereocenters. The van der Waals surface area contributed by atoms with Crippen molar-refractivity contribution in [2.45, 2.75) is 11.8 Å². The van der Waals surface area contributed by atoms with E-state index in [1.54, 1.807) is 6.20 Å². The van der Waals surface area contributed by atoms with Crippen molar-refractivity contribution in [1.29, 1.82) is 0 Å². The summed E-state index contributed by atoms with van der Waals surface area (Å²) in [7, 11) is 1.94. The van der Waals surface area contributed by atoms with Crippen LogP contribution >= 0.6 is 31.9 Å². The van der Waals surface area contributed by atoms with Gasteiger partial charge in [0.1, 0.15) is 5.75 Å². The Balaban J connectivity index is 1.92. The topological polar surface area (TPSA) is 27.1 Å². The second kappa shape index (κ2) is 6.38. The highest BCUT2D eigenvalue weighted by atomic mass is 79.9. The zero-order valence-electron chi connectivity index (χ0n) is 10.1. The molecule has 1 aromatic heterocycles. The van der Waals surface area contributed by atoms with Gasteiger partial charge in [0.15, 0.2) is 0 Å². The molecule has 0 saturated carbocycles. The number of benzene rings is 1. The molecule has 0 fully saturated rings. The maximum absolute atomic E-state index is 5.75. The van der Waals surface area contributed by atoms with Gasteiger partial charge in [0.25, 0.3) is 0 Å². The molecule has 0 aliphatic rings. The van der Waals surface area contributed by atoms with E-state index in [-0.39, 0.29) is 0 Å². The summed E-state index contributed by atoms with van der Waals surface area (Å²) in [4.78, 5) is 0. The van der Waals surface area contributed by atoms with E-state index in [4.69, 9.17) is 4.74 Å². The highest BCUT2D eigenvalue weighted by Crippen LogP contribution is 2.24. The summed E-state index contributed by atoms with van der Waals surface area (Å²) in [6, 6.07) is 8.03. The molecular weight excluding hydrogens is 360 g/mol. The molecule has 0 spiro atoms. The van der Waals surface area contributed by atoms with Crippen LogP contribution < -0.4 is 4.74 Å². The minimum atomic E-state index is 0.656. The van der Waals surface area contributed by atoms with E-state index in [0.29, 0.717) is 6.61 Å². The Morgan fingerprint density at radius 1 is 1.33 bits per heavy atom. The van der Waals surface area contributed by atoms with Crippen molar-refractivity contribution >= 4 is 31.9 Å². The first-order valence-electron chi connectivity index (χ1n) is 5.65. The van der Waals surface area contributed by atoms with Crippen molar-refractivity contribution < 1.29 is 4.74 Å². The zero-order valence-corrected chi connectivity index (χ0v) is 13.2. The Kier molecular flexibility index (Phi) is 4.83. The Hall–Kier alpha value is -0.810. The van der Waals surface area contributed by atoms with Gasteiger partial charge in [-0.05, 0) is 29.8 Å². The van der Waals surface area contributed by atoms with Crippen LogP contribution in [0.25, 0.3) is 0 Å². The van der Waals surface area contributed by atoms with E-state index in [2.05, 4.69) is 37.0 Å². The van der Waals surface area contributed by atoms with Crippen LogP contribution in [0.3, 0.4) is 0 Å². The van der Waals surface area contributed by atoms with Crippen molar-refractivity contribution in [3.8, 4) is 5.75 Å². The quantitative estimate of drug-likeness (QED) is 0.747. The first-order valence-corrected chi connectivity index (χ1v) is 7.56. The normalized spacial score (nSPS) is 10.6. The van der Waals surface area contributed by atoms with Crippen LogP contribution in [0.2, 0.25) is 0 Å². The molecule has 2 aromatic rings. The summed E-state index contributed by atoms with van der Waals surface area (Å²) >= 11 is 6.96. The zero-order chi connectivity index (χ0) is 13.0. The second-order valence-electron chi connectivity index (χ2n) is 3.93. The molecule has 0 radical (unpaired) electrons. The van der Waals surface area contributed by atoms with E-state index >= 15 is 0 Å². The molecule has 18 heavy (non-hydrogen) atoms. The average Bonchev–Trinajstić information content (AvgIpc) is 2.77. The van der Waals surface area contributed by atoms with Gasteiger partial charge in [-0.2, -0.15) is 5.10 Å². The molecule has 5 heteroatoms. The molecule has 0 unspecified atom stereocenters. The number of aromatic nitrogens is 2. The van der Waals surface area contributed by atoms with Crippen LogP contribution in [0, 0.1) is 0 Å². The van der Waals surface area contributed by atoms with Gasteiger partial charge in [-0.25, -0.2) is 0 Å². The third-order valence-corrected chi connectivity index (χ3v) is 4.09. The van der Waals surface area contributed by atoms with Crippen LogP contribution in [-0.4, -0.2) is 16.4 Å². The van der Waals surface area contributed by atoms with Gasteiger partial charge in [0, 0.05) is 35.2 Å². The minimum absolute atomic E-state index is 0.656. The Bertz CT molecular complexity index is 525. The maximum Gasteiger partial charge on any atom is 0.119 e. The van der Waals surface area contributed by atoms with E-state index in [0.717, 1.165) is 22.0 Å². The molecule has 96 valence electrons. The monoisotopic (exact) mass is 372 g/mol.